The van der Waals surface area contributed by atoms with Crippen molar-refractivity contribution < 1.29 is 4.74 Å². The number of hydrogen-bond donors (Lipinski definition) is 1. The Bertz CT molecular complexity index is 424. The summed E-state index contributed by atoms with van der Waals surface area (Å²) >= 11 is 0. The average Bonchev–Trinajstić information content (AvgIpc) is 2.54. The van der Waals surface area contributed by atoms with Gasteiger partial charge in [0.1, 0.15) is 5.75 Å². The van der Waals surface area contributed by atoms with Crippen LogP contribution in [0.25, 0.3) is 0 Å². The van der Waals surface area contributed by atoms with E-state index in [0.717, 1.165) is 31.6 Å². The van der Waals surface area contributed by atoms with Crippen molar-refractivity contribution in [3.8, 4) is 5.75 Å². The Morgan fingerprint density at radius 2 is 1.95 bits per heavy atom. The van der Waals surface area contributed by atoms with Crippen molar-refractivity contribution in [1.82, 2.24) is 0 Å². The highest BCUT2D eigenvalue weighted by molar-refractivity contribution is 5.40. The molecule has 0 spiro atoms. The Balaban J connectivity index is 2.19. The molecule has 1 aliphatic rings. The minimum Gasteiger partial charge on any atom is -0.493 e. The molecular weight excluding hydrogens is 258 g/mol. The standard InChI is InChI=1S/C19H31NO/c1-3-12-21-19-11-10-15(13-17(20)4-2)14-18(19)16-8-6-5-7-9-16/h10-11,14,16-17H,3-9,12-13,20H2,1-2H3. The molecule has 1 aromatic rings. The van der Waals surface area contributed by atoms with Crippen molar-refractivity contribution >= 4 is 0 Å². The summed E-state index contributed by atoms with van der Waals surface area (Å²) in [6.45, 7) is 5.13. The predicted molar refractivity (Wildman–Crippen MR) is 90.0 cm³/mol. The van der Waals surface area contributed by atoms with E-state index in [1.807, 2.05) is 0 Å². The molecule has 21 heavy (non-hydrogen) atoms. The van der Waals surface area contributed by atoms with Crippen LogP contribution in [0.15, 0.2) is 18.2 Å². The summed E-state index contributed by atoms with van der Waals surface area (Å²) in [7, 11) is 0. The lowest BCUT2D eigenvalue weighted by Crippen LogP contribution is -2.21. The third kappa shape index (κ3) is 4.74. The minimum atomic E-state index is 0.270. The molecule has 0 heterocycles. The van der Waals surface area contributed by atoms with Gasteiger partial charge in [-0.25, -0.2) is 0 Å². The largest absolute Gasteiger partial charge is 0.493 e. The maximum absolute atomic E-state index is 6.12. The molecule has 2 nitrogen and oxygen atoms in total. The SMILES string of the molecule is CCCOc1ccc(CC(N)CC)cc1C1CCCCC1. The number of ether oxygens (including phenoxy) is 1. The molecule has 2 rings (SSSR count). The first-order chi connectivity index (χ1) is 10.2. The number of rotatable bonds is 7. The monoisotopic (exact) mass is 289 g/mol. The van der Waals surface area contributed by atoms with Gasteiger partial charge in [0, 0.05) is 6.04 Å². The molecular formula is C19H31NO. The van der Waals surface area contributed by atoms with E-state index < -0.39 is 0 Å². The van der Waals surface area contributed by atoms with Crippen LogP contribution in [0.5, 0.6) is 5.75 Å². The number of benzene rings is 1. The molecule has 118 valence electrons. The summed E-state index contributed by atoms with van der Waals surface area (Å²) < 4.78 is 5.99. The highest BCUT2D eigenvalue weighted by atomic mass is 16.5. The van der Waals surface area contributed by atoms with Crippen LogP contribution in [0.3, 0.4) is 0 Å². The number of hydrogen-bond acceptors (Lipinski definition) is 2. The minimum absolute atomic E-state index is 0.270. The molecule has 1 atom stereocenters. The van der Waals surface area contributed by atoms with Gasteiger partial charge in [0.15, 0.2) is 0 Å². The van der Waals surface area contributed by atoms with E-state index in [-0.39, 0.29) is 6.04 Å². The summed E-state index contributed by atoms with van der Waals surface area (Å²) in [5, 5.41) is 0. The molecule has 2 N–H and O–H groups in total. The van der Waals surface area contributed by atoms with E-state index in [1.165, 1.54) is 43.2 Å². The van der Waals surface area contributed by atoms with Crippen molar-refractivity contribution in [3.63, 3.8) is 0 Å². The summed E-state index contributed by atoms with van der Waals surface area (Å²) in [6, 6.07) is 7.02. The van der Waals surface area contributed by atoms with Gasteiger partial charge in [-0.3, -0.25) is 0 Å². The van der Waals surface area contributed by atoms with Gasteiger partial charge < -0.3 is 10.5 Å². The zero-order valence-corrected chi connectivity index (χ0v) is 13.7. The van der Waals surface area contributed by atoms with Crippen LogP contribution >= 0.6 is 0 Å². The molecule has 0 aliphatic heterocycles. The van der Waals surface area contributed by atoms with Gasteiger partial charge in [-0.05, 0) is 55.2 Å². The second kappa shape index (κ2) is 8.43. The summed E-state index contributed by atoms with van der Waals surface area (Å²) in [6.07, 6.45) is 9.80. The third-order valence-electron chi connectivity index (χ3n) is 4.60. The quantitative estimate of drug-likeness (QED) is 0.782. The molecule has 0 bridgehead atoms. The highest BCUT2D eigenvalue weighted by Crippen LogP contribution is 2.38. The summed E-state index contributed by atoms with van der Waals surface area (Å²) in [4.78, 5) is 0. The zero-order valence-electron chi connectivity index (χ0n) is 13.7. The van der Waals surface area contributed by atoms with E-state index in [4.69, 9.17) is 10.5 Å². The van der Waals surface area contributed by atoms with Gasteiger partial charge in [0.05, 0.1) is 6.61 Å². The summed E-state index contributed by atoms with van der Waals surface area (Å²) in [5.41, 5.74) is 8.92. The third-order valence-corrected chi connectivity index (χ3v) is 4.60. The lowest BCUT2D eigenvalue weighted by Gasteiger charge is -2.25. The van der Waals surface area contributed by atoms with Crippen LogP contribution in [0, 0.1) is 0 Å². The number of nitrogens with two attached hydrogens (primary N) is 1. The first kappa shape index (κ1) is 16.4. The van der Waals surface area contributed by atoms with Crippen molar-refractivity contribution in [3.05, 3.63) is 29.3 Å². The van der Waals surface area contributed by atoms with Crippen molar-refractivity contribution in [2.24, 2.45) is 5.73 Å². The fourth-order valence-corrected chi connectivity index (χ4v) is 3.25. The molecule has 2 heteroatoms. The van der Waals surface area contributed by atoms with E-state index in [1.54, 1.807) is 0 Å². The van der Waals surface area contributed by atoms with Gasteiger partial charge >= 0.3 is 0 Å². The van der Waals surface area contributed by atoms with Crippen LogP contribution in [-0.2, 0) is 6.42 Å². The van der Waals surface area contributed by atoms with E-state index in [0.29, 0.717) is 5.92 Å². The smallest absolute Gasteiger partial charge is 0.122 e. The van der Waals surface area contributed by atoms with E-state index >= 15 is 0 Å². The van der Waals surface area contributed by atoms with Crippen LogP contribution in [0.1, 0.15) is 75.8 Å². The zero-order chi connectivity index (χ0) is 15.1. The highest BCUT2D eigenvalue weighted by Gasteiger charge is 2.20. The molecule has 0 amide bonds. The van der Waals surface area contributed by atoms with Crippen molar-refractivity contribution in [1.29, 1.82) is 0 Å². The average molecular weight is 289 g/mol. The van der Waals surface area contributed by atoms with Crippen LogP contribution in [-0.4, -0.2) is 12.6 Å². The Hall–Kier alpha value is -1.02. The molecule has 0 aromatic heterocycles. The second-order valence-corrected chi connectivity index (χ2v) is 6.43. The van der Waals surface area contributed by atoms with Crippen molar-refractivity contribution in [2.45, 2.75) is 77.2 Å². The Kier molecular flexibility index (Phi) is 6.56. The second-order valence-electron chi connectivity index (χ2n) is 6.43. The van der Waals surface area contributed by atoms with Crippen LogP contribution in [0.2, 0.25) is 0 Å². The first-order valence-electron chi connectivity index (χ1n) is 8.75. The molecule has 1 aliphatic carbocycles. The van der Waals surface area contributed by atoms with Gasteiger partial charge in [-0.15, -0.1) is 0 Å². The molecule has 0 saturated heterocycles. The lowest BCUT2D eigenvalue weighted by molar-refractivity contribution is 0.307. The van der Waals surface area contributed by atoms with E-state index in [2.05, 4.69) is 32.0 Å². The lowest BCUT2D eigenvalue weighted by atomic mass is 9.82. The fourth-order valence-electron chi connectivity index (χ4n) is 3.25. The topological polar surface area (TPSA) is 35.2 Å². The maximum Gasteiger partial charge on any atom is 0.122 e. The Morgan fingerprint density at radius 3 is 2.62 bits per heavy atom. The normalized spacial score (nSPS) is 17.7. The Labute approximate surface area is 130 Å². The van der Waals surface area contributed by atoms with Gasteiger partial charge in [0.2, 0.25) is 0 Å². The molecule has 1 fully saturated rings. The van der Waals surface area contributed by atoms with Gasteiger partial charge in [-0.2, -0.15) is 0 Å². The van der Waals surface area contributed by atoms with Crippen molar-refractivity contribution in [2.75, 3.05) is 6.61 Å². The molecule has 0 radical (unpaired) electrons. The van der Waals surface area contributed by atoms with E-state index in [9.17, 15) is 0 Å². The first-order valence-corrected chi connectivity index (χ1v) is 8.75. The Morgan fingerprint density at radius 1 is 1.19 bits per heavy atom. The van der Waals surface area contributed by atoms with Crippen LogP contribution < -0.4 is 10.5 Å². The van der Waals surface area contributed by atoms with Crippen LogP contribution in [0.4, 0.5) is 0 Å². The molecule has 1 unspecified atom stereocenters. The predicted octanol–water partition coefficient (Wildman–Crippen LogP) is 4.80. The molecule has 1 aromatic carbocycles. The molecule has 1 saturated carbocycles. The fraction of sp³-hybridized carbons (Fsp3) is 0.684. The van der Waals surface area contributed by atoms with Gasteiger partial charge in [-0.1, -0.05) is 45.2 Å². The van der Waals surface area contributed by atoms with Gasteiger partial charge in [0.25, 0.3) is 0 Å². The summed E-state index contributed by atoms with van der Waals surface area (Å²) in [5.74, 6) is 1.79. The maximum atomic E-state index is 6.12.